The molecule has 1 fully saturated rings. The van der Waals surface area contributed by atoms with Gasteiger partial charge < -0.3 is 15.0 Å². The van der Waals surface area contributed by atoms with Crippen molar-refractivity contribution in [3.63, 3.8) is 0 Å². The number of nitrogens with zero attached hydrogens (tertiary/aromatic N) is 2. The average Bonchev–Trinajstić information content (AvgIpc) is 3.36. The Hall–Kier alpha value is -2.66. The molecule has 1 atom stereocenters. The van der Waals surface area contributed by atoms with Gasteiger partial charge in [-0.05, 0) is 31.5 Å². The van der Waals surface area contributed by atoms with E-state index < -0.39 is 28.3 Å². The minimum atomic E-state index is -3.10. The van der Waals surface area contributed by atoms with Crippen LogP contribution in [0.15, 0.2) is 34.9 Å². The van der Waals surface area contributed by atoms with Gasteiger partial charge in [0.25, 0.3) is 5.91 Å². The Balaban J connectivity index is 1.42. The van der Waals surface area contributed by atoms with Gasteiger partial charge in [0.2, 0.25) is 0 Å². The lowest BCUT2D eigenvalue weighted by atomic mass is 10.2. The predicted octanol–water partition coefficient (Wildman–Crippen LogP) is 2.59. The Bertz CT molecular complexity index is 1250. The fourth-order valence-corrected chi connectivity index (χ4v) is 5.56. The first kappa shape index (κ1) is 20.6. The van der Waals surface area contributed by atoms with Crippen LogP contribution in [-0.4, -0.2) is 53.2 Å². The largest absolute Gasteiger partial charge is 0.452 e. The molecule has 158 valence electrons. The number of carbonyl (C=O) groups excluding carboxylic acids is 2. The summed E-state index contributed by atoms with van der Waals surface area (Å²) in [6.07, 6.45) is 1.98. The zero-order valence-corrected chi connectivity index (χ0v) is 18.4. The third kappa shape index (κ3) is 4.26. The van der Waals surface area contributed by atoms with Crippen molar-refractivity contribution >= 4 is 54.4 Å². The zero-order valence-electron chi connectivity index (χ0n) is 16.0. The standard InChI is InChI=1S/C19H19BrN4O5S/c1-11-6-17(24(23-11)13-4-5-30(27,28)10-13)22-18(25)9-29-19(26)15-8-21-16-3-2-12(20)7-14(15)16/h2-3,6-8,13,21H,4-5,9-10H2,1H3,(H,22,25). The summed E-state index contributed by atoms with van der Waals surface area (Å²) >= 11 is 3.37. The minimum Gasteiger partial charge on any atom is -0.452 e. The van der Waals surface area contributed by atoms with E-state index in [9.17, 15) is 18.0 Å². The van der Waals surface area contributed by atoms with Gasteiger partial charge in [0, 0.05) is 27.6 Å². The number of halogens is 1. The smallest absolute Gasteiger partial charge is 0.340 e. The summed E-state index contributed by atoms with van der Waals surface area (Å²) in [6.45, 7) is 1.28. The Morgan fingerprint density at radius 2 is 2.17 bits per heavy atom. The summed E-state index contributed by atoms with van der Waals surface area (Å²) < 4.78 is 31.0. The van der Waals surface area contributed by atoms with Gasteiger partial charge >= 0.3 is 5.97 Å². The molecule has 2 N–H and O–H groups in total. The van der Waals surface area contributed by atoms with Gasteiger partial charge in [0.15, 0.2) is 16.4 Å². The fourth-order valence-electron chi connectivity index (χ4n) is 3.51. The molecule has 1 amide bonds. The van der Waals surface area contributed by atoms with Crippen LogP contribution in [0.3, 0.4) is 0 Å². The molecular formula is C19H19BrN4O5S. The molecule has 0 radical (unpaired) electrons. The van der Waals surface area contributed by atoms with Crippen molar-refractivity contribution in [1.29, 1.82) is 0 Å². The number of hydrogen-bond donors (Lipinski definition) is 2. The number of carbonyl (C=O) groups is 2. The number of hydrogen-bond acceptors (Lipinski definition) is 6. The molecule has 3 aromatic rings. The summed E-state index contributed by atoms with van der Waals surface area (Å²) in [6, 6.07) is 6.80. The summed E-state index contributed by atoms with van der Waals surface area (Å²) in [4.78, 5) is 27.8. The minimum absolute atomic E-state index is 0.0118. The van der Waals surface area contributed by atoms with Crippen molar-refractivity contribution in [2.75, 3.05) is 23.4 Å². The maximum atomic E-state index is 12.4. The normalized spacial score (nSPS) is 17.9. The summed E-state index contributed by atoms with van der Waals surface area (Å²) in [7, 11) is -3.10. The number of aromatic nitrogens is 3. The first-order chi connectivity index (χ1) is 14.2. The van der Waals surface area contributed by atoms with Gasteiger partial charge in [-0.3, -0.25) is 4.79 Å². The Morgan fingerprint density at radius 3 is 2.90 bits per heavy atom. The molecule has 4 rings (SSSR count). The number of esters is 1. The predicted molar refractivity (Wildman–Crippen MR) is 114 cm³/mol. The van der Waals surface area contributed by atoms with E-state index in [0.717, 1.165) is 9.99 Å². The number of sulfone groups is 1. The number of ether oxygens (including phenoxy) is 1. The third-order valence-electron chi connectivity index (χ3n) is 4.88. The van der Waals surface area contributed by atoms with Crippen LogP contribution in [0.2, 0.25) is 0 Å². The van der Waals surface area contributed by atoms with Crippen LogP contribution < -0.4 is 5.32 Å². The van der Waals surface area contributed by atoms with Crippen LogP contribution >= 0.6 is 15.9 Å². The van der Waals surface area contributed by atoms with Gasteiger partial charge in [-0.15, -0.1) is 0 Å². The molecule has 2 aromatic heterocycles. The lowest BCUT2D eigenvalue weighted by Crippen LogP contribution is -2.24. The molecule has 0 spiro atoms. The van der Waals surface area contributed by atoms with Crippen molar-refractivity contribution in [3.05, 3.63) is 46.2 Å². The molecule has 0 aliphatic carbocycles. The second-order valence-corrected chi connectivity index (χ2v) is 10.3. The summed E-state index contributed by atoms with van der Waals surface area (Å²) in [5, 5.41) is 7.65. The van der Waals surface area contributed by atoms with Crippen molar-refractivity contribution in [1.82, 2.24) is 14.8 Å². The first-order valence-corrected chi connectivity index (χ1v) is 11.8. The number of nitrogens with one attached hydrogen (secondary N) is 2. The highest BCUT2D eigenvalue weighted by Crippen LogP contribution is 2.27. The number of amides is 1. The van der Waals surface area contributed by atoms with E-state index in [1.54, 1.807) is 19.1 Å². The molecule has 0 bridgehead atoms. The maximum Gasteiger partial charge on any atom is 0.340 e. The van der Waals surface area contributed by atoms with E-state index in [4.69, 9.17) is 4.74 Å². The number of rotatable bonds is 5. The van der Waals surface area contributed by atoms with E-state index >= 15 is 0 Å². The van der Waals surface area contributed by atoms with Crippen molar-refractivity contribution in [3.8, 4) is 0 Å². The summed E-state index contributed by atoms with van der Waals surface area (Å²) in [5.74, 6) is -0.691. The zero-order chi connectivity index (χ0) is 21.5. The Morgan fingerprint density at radius 1 is 1.37 bits per heavy atom. The Labute approximate surface area is 180 Å². The second kappa shape index (κ2) is 7.88. The molecule has 0 saturated carbocycles. The number of anilines is 1. The van der Waals surface area contributed by atoms with Crippen molar-refractivity contribution < 1.29 is 22.7 Å². The molecule has 3 heterocycles. The molecular weight excluding hydrogens is 476 g/mol. The van der Waals surface area contributed by atoms with Gasteiger partial charge in [-0.25, -0.2) is 17.9 Å². The number of fused-ring (bicyclic) bond motifs is 1. The van der Waals surface area contributed by atoms with E-state index in [2.05, 4.69) is 31.3 Å². The Kier molecular flexibility index (Phi) is 5.41. The second-order valence-electron chi connectivity index (χ2n) is 7.19. The van der Waals surface area contributed by atoms with Gasteiger partial charge in [-0.2, -0.15) is 5.10 Å². The SMILES string of the molecule is Cc1cc(NC(=O)COC(=O)c2c[nH]c3ccc(Br)cc23)n(C2CCS(=O)(=O)C2)n1. The molecule has 9 nitrogen and oxygen atoms in total. The van der Waals surface area contributed by atoms with Crippen LogP contribution in [0.25, 0.3) is 10.9 Å². The molecule has 1 aliphatic rings. The number of aryl methyl sites for hydroxylation is 1. The average molecular weight is 495 g/mol. The van der Waals surface area contributed by atoms with Gasteiger partial charge in [0.1, 0.15) is 5.82 Å². The fraction of sp³-hybridized carbons (Fsp3) is 0.316. The lowest BCUT2D eigenvalue weighted by molar-refractivity contribution is -0.119. The maximum absolute atomic E-state index is 12.4. The molecule has 1 saturated heterocycles. The van der Waals surface area contributed by atoms with Crippen LogP contribution in [-0.2, 0) is 19.4 Å². The highest BCUT2D eigenvalue weighted by molar-refractivity contribution is 9.10. The molecule has 1 unspecified atom stereocenters. The number of H-pyrrole nitrogens is 1. The first-order valence-electron chi connectivity index (χ1n) is 9.22. The van der Waals surface area contributed by atoms with Crippen LogP contribution in [0, 0.1) is 6.92 Å². The van der Waals surface area contributed by atoms with Gasteiger partial charge in [-0.1, -0.05) is 15.9 Å². The molecule has 1 aliphatic heterocycles. The van der Waals surface area contributed by atoms with Crippen molar-refractivity contribution in [2.24, 2.45) is 0 Å². The van der Waals surface area contributed by atoms with E-state index in [-0.39, 0.29) is 17.5 Å². The topological polar surface area (TPSA) is 123 Å². The quantitative estimate of drug-likeness (QED) is 0.525. The molecule has 30 heavy (non-hydrogen) atoms. The van der Waals surface area contributed by atoms with E-state index in [1.165, 1.54) is 10.9 Å². The lowest BCUT2D eigenvalue weighted by Gasteiger charge is -2.13. The molecule has 1 aromatic carbocycles. The van der Waals surface area contributed by atoms with Crippen LogP contribution in [0.1, 0.15) is 28.5 Å². The van der Waals surface area contributed by atoms with Gasteiger partial charge in [0.05, 0.1) is 28.8 Å². The van der Waals surface area contributed by atoms with Crippen LogP contribution in [0.4, 0.5) is 5.82 Å². The van der Waals surface area contributed by atoms with E-state index in [0.29, 0.717) is 28.9 Å². The number of benzene rings is 1. The number of aromatic amines is 1. The van der Waals surface area contributed by atoms with Crippen molar-refractivity contribution in [2.45, 2.75) is 19.4 Å². The third-order valence-corrected chi connectivity index (χ3v) is 7.12. The monoisotopic (exact) mass is 494 g/mol. The summed E-state index contributed by atoms with van der Waals surface area (Å²) in [5.41, 5.74) is 1.76. The van der Waals surface area contributed by atoms with E-state index in [1.807, 2.05) is 12.1 Å². The highest BCUT2D eigenvalue weighted by Gasteiger charge is 2.31. The highest BCUT2D eigenvalue weighted by atomic mass is 79.9. The van der Waals surface area contributed by atoms with Crippen LogP contribution in [0.5, 0.6) is 0 Å². The molecule has 11 heteroatoms.